The molecule has 1 heterocycles. The topological polar surface area (TPSA) is 22.3 Å². The second kappa shape index (κ2) is 14.9. The first-order chi connectivity index (χ1) is 28.5. The van der Waals surface area contributed by atoms with Gasteiger partial charge in [0.05, 0.1) is 22.5 Å². The zero-order valence-electron chi connectivity index (χ0n) is 31.1. The summed E-state index contributed by atoms with van der Waals surface area (Å²) in [6, 6.07) is 56.3. The van der Waals surface area contributed by atoms with Gasteiger partial charge in [-0.15, -0.1) is 0 Å². The maximum Gasteiger partial charge on any atom is 0.418 e. The molecule has 0 aliphatic rings. The van der Waals surface area contributed by atoms with E-state index in [2.05, 4.69) is 17.1 Å². The molecule has 0 amide bonds. The average molecular weight is 790 g/mol. The van der Waals surface area contributed by atoms with Gasteiger partial charge in [0.2, 0.25) is 0 Å². The maximum absolute atomic E-state index is 14.2. The maximum atomic E-state index is 14.2. The minimum absolute atomic E-state index is 0.0323. The third kappa shape index (κ3) is 7.27. The summed E-state index contributed by atoms with van der Waals surface area (Å²) in [6.45, 7) is 0. The predicted molar refractivity (Wildman–Crippen MR) is 226 cm³/mol. The van der Waals surface area contributed by atoms with E-state index in [1.807, 2.05) is 84.9 Å². The summed E-state index contributed by atoms with van der Waals surface area (Å²) in [4.78, 5) is 6.72. The van der Waals surface area contributed by atoms with Crippen LogP contribution in [0.3, 0.4) is 0 Å². The molecule has 0 aliphatic carbocycles. The third-order valence-electron chi connectivity index (χ3n) is 10.4. The molecule has 0 unspecified atom stereocenters. The zero-order valence-corrected chi connectivity index (χ0v) is 31.1. The molecule has 0 bridgehead atoms. The fourth-order valence-corrected chi connectivity index (χ4v) is 7.69. The van der Waals surface area contributed by atoms with E-state index in [0.29, 0.717) is 22.7 Å². The molecule has 1 aromatic heterocycles. The summed E-state index contributed by atoms with van der Waals surface area (Å²) >= 11 is 0. The molecule has 0 saturated heterocycles. The molecule has 9 heteroatoms. The van der Waals surface area contributed by atoms with Crippen LogP contribution in [0.15, 0.2) is 194 Å². The monoisotopic (exact) mass is 789 g/mol. The van der Waals surface area contributed by atoms with Crippen molar-refractivity contribution in [2.75, 3.05) is 9.80 Å². The van der Waals surface area contributed by atoms with Gasteiger partial charge in [0.25, 0.3) is 0 Å². The van der Waals surface area contributed by atoms with Crippen molar-refractivity contribution in [3.05, 3.63) is 205 Å². The van der Waals surface area contributed by atoms with E-state index >= 15 is 0 Å². The van der Waals surface area contributed by atoms with Crippen molar-refractivity contribution in [1.29, 1.82) is 0 Å². The lowest BCUT2D eigenvalue weighted by molar-refractivity contribution is -0.137. The number of H-pyrrole nitrogens is 1. The molecule has 59 heavy (non-hydrogen) atoms. The largest absolute Gasteiger partial charge is 0.418 e. The summed E-state index contributed by atoms with van der Waals surface area (Å²) in [5.41, 5.74) is 6.50. The van der Waals surface area contributed by atoms with Crippen molar-refractivity contribution < 1.29 is 26.3 Å². The van der Waals surface area contributed by atoms with Gasteiger partial charge in [0.1, 0.15) is 0 Å². The first kappa shape index (κ1) is 37.3. The number of halogens is 6. The van der Waals surface area contributed by atoms with E-state index < -0.39 is 23.5 Å². The smallest absolute Gasteiger partial charge is 0.355 e. The summed E-state index contributed by atoms with van der Waals surface area (Å²) in [5, 5.41) is 1.98. The number of aromatic nitrogens is 1. The summed E-state index contributed by atoms with van der Waals surface area (Å²) in [6.07, 6.45) is -9.09. The first-order valence-electron chi connectivity index (χ1n) is 18.8. The number of benzene rings is 8. The van der Waals surface area contributed by atoms with Crippen LogP contribution in [0.1, 0.15) is 11.1 Å². The molecular formula is C50H33F6N3. The number of nitrogens with zero attached hydrogens (tertiary/aromatic N) is 2. The van der Waals surface area contributed by atoms with E-state index in [9.17, 15) is 26.3 Å². The highest BCUT2D eigenvalue weighted by atomic mass is 19.4. The number of para-hydroxylation sites is 4. The molecule has 1 N–H and O–H groups in total. The van der Waals surface area contributed by atoms with E-state index in [-0.39, 0.29) is 11.4 Å². The fourth-order valence-electron chi connectivity index (χ4n) is 7.69. The van der Waals surface area contributed by atoms with Gasteiger partial charge >= 0.3 is 12.4 Å². The predicted octanol–water partition coefficient (Wildman–Crippen LogP) is 15.6. The summed E-state index contributed by atoms with van der Waals surface area (Å²) < 4.78 is 85.2. The van der Waals surface area contributed by atoms with Crippen LogP contribution in [-0.2, 0) is 12.4 Å². The second-order valence-electron chi connectivity index (χ2n) is 14.1. The van der Waals surface area contributed by atoms with Crippen molar-refractivity contribution in [3.8, 4) is 22.3 Å². The summed E-state index contributed by atoms with van der Waals surface area (Å²) in [5.74, 6) is 0. The Morgan fingerprint density at radius 1 is 0.322 bits per heavy atom. The number of fused-ring (bicyclic) bond motifs is 3. The second-order valence-corrected chi connectivity index (χ2v) is 14.1. The van der Waals surface area contributed by atoms with Gasteiger partial charge in [0, 0.05) is 44.6 Å². The van der Waals surface area contributed by atoms with E-state index in [4.69, 9.17) is 0 Å². The van der Waals surface area contributed by atoms with Gasteiger partial charge in [-0.1, -0.05) is 97.1 Å². The van der Waals surface area contributed by atoms with Crippen molar-refractivity contribution >= 4 is 55.9 Å². The Morgan fingerprint density at radius 2 is 0.644 bits per heavy atom. The molecule has 9 aromatic rings. The molecule has 0 atom stereocenters. The number of hydrogen-bond acceptors (Lipinski definition) is 2. The lowest BCUT2D eigenvalue weighted by Crippen LogP contribution is -2.16. The van der Waals surface area contributed by atoms with Crippen LogP contribution in [0.4, 0.5) is 60.5 Å². The minimum atomic E-state index is -4.54. The molecule has 0 radical (unpaired) electrons. The van der Waals surface area contributed by atoms with Crippen molar-refractivity contribution in [3.63, 3.8) is 0 Å². The van der Waals surface area contributed by atoms with Crippen LogP contribution in [0, 0.1) is 0 Å². The van der Waals surface area contributed by atoms with Crippen LogP contribution >= 0.6 is 0 Å². The van der Waals surface area contributed by atoms with Crippen LogP contribution < -0.4 is 9.80 Å². The van der Waals surface area contributed by atoms with Gasteiger partial charge in [-0.25, -0.2) is 0 Å². The van der Waals surface area contributed by atoms with Crippen molar-refractivity contribution in [2.45, 2.75) is 12.4 Å². The number of anilines is 6. The Bertz CT molecular complexity index is 2700. The van der Waals surface area contributed by atoms with Gasteiger partial charge in [-0.3, -0.25) is 0 Å². The van der Waals surface area contributed by atoms with Gasteiger partial charge in [0.15, 0.2) is 0 Å². The molecule has 0 saturated carbocycles. The lowest BCUT2D eigenvalue weighted by Gasteiger charge is -2.28. The number of nitrogens with one attached hydrogen (secondary N) is 1. The molecule has 0 fully saturated rings. The molecule has 290 valence electrons. The molecule has 0 spiro atoms. The summed E-state index contributed by atoms with van der Waals surface area (Å²) in [7, 11) is 0. The van der Waals surface area contributed by atoms with Gasteiger partial charge in [-0.05, 0) is 119 Å². The highest BCUT2D eigenvalue weighted by Crippen LogP contribution is 2.45. The van der Waals surface area contributed by atoms with Gasteiger partial charge < -0.3 is 14.8 Å². The van der Waals surface area contributed by atoms with Crippen LogP contribution in [-0.4, -0.2) is 4.98 Å². The quantitative estimate of drug-likeness (QED) is 0.155. The number of aromatic amines is 1. The molecule has 9 rings (SSSR count). The van der Waals surface area contributed by atoms with Crippen LogP contribution in [0.25, 0.3) is 44.1 Å². The minimum Gasteiger partial charge on any atom is -0.355 e. The zero-order chi connectivity index (χ0) is 40.7. The normalized spacial score (nSPS) is 11.9. The van der Waals surface area contributed by atoms with E-state index in [1.54, 1.807) is 70.5 Å². The number of alkyl halides is 6. The molecule has 0 aliphatic heterocycles. The highest BCUT2D eigenvalue weighted by Gasteiger charge is 2.36. The number of rotatable bonds is 8. The molecule has 3 nitrogen and oxygen atoms in total. The Labute approximate surface area is 336 Å². The first-order valence-corrected chi connectivity index (χ1v) is 18.8. The number of hydrogen-bond donors (Lipinski definition) is 1. The van der Waals surface area contributed by atoms with E-state index in [1.165, 1.54) is 24.3 Å². The fraction of sp³-hybridized carbons (Fsp3) is 0.0400. The molecular weight excluding hydrogens is 757 g/mol. The lowest BCUT2D eigenvalue weighted by atomic mass is 9.99. The highest BCUT2D eigenvalue weighted by molar-refractivity contribution is 6.09. The van der Waals surface area contributed by atoms with Crippen molar-refractivity contribution in [2.24, 2.45) is 0 Å². The van der Waals surface area contributed by atoms with Crippen LogP contribution in [0.5, 0.6) is 0 Å². The van der Waals surface area contributed by atoms with Crippen molar-refractivity contribution in [1.82, 2.24) is 4.98 Å². The Morgan fingerprint density at radius 3 is 1.02 bits per heavy atom. The SMILES string of the molecule is FC(F)(F)c1ccccc1N(c1ccccc1)c1ccc(-c2ccc3[nH]c4ccc(-c5ccc(N(c6ccccc6)c6ccccc6C(F)(F)F)cc5)cc4c3c2)cc1. The van der Waals surface area contributed by atoms with Gasteiger partial charge in [-0.2, -0.15) is 26.3 Å². The Kier molecular flexibility index (Phi) is 9.44. The van der Waals surface area contributed by atoms with Crippen LogP contribution in [0.2, 0.25) is 0 Å². The average Bonchev–Trinajstić information content (AvgIpc) is 3.62. The third-order valence-corrected chi connectivity index (χ3v) is 10.4. The van der Waals surface area contributed by atoms with E-state index in [0.717, 1.165) is 56.2 Å². The Hall–Kier alpha value is -7.26. The Balaban J connectivity index is 1.05. The molecule has 8 aromatic carbocycles. The standard InChI is InChI=1S/C50H33F6N3/c51-49(52,53)43-15-7-9-17-47(43)58(37-11-3-1-4-12-37)39-25-19-33(20-26-39)35-23-29-45-41(31-35)42-32-36(24-30-46(42)57-45)34-21-27-40(28-22-34)59(38-13-5-2-6-14-38)48-18-10-8-16-44(48)50(54,55)56/h1-32,57H.